The molecule has 0 atom stereocenters. The molecule has 6 heteroatoms. The highest BCUT2D eigenvalue weighted by Gasteiger charge is 2.04. The molecule has 0 unspecified atom stereocenters. The van der Waals surface area contributed by atoms with E-state index in [9.17, 15) is 0 Å². The van der Waals surface area contributed by atoms with Gasteiger partial charge in [0.05, 0.1) is 0 Å². The van der Waals surface area contributed by atoms with Crippen molar-refractivity contribution in [2.45, 2.75) is 191 Å². The highest BCUT2D eigenvalue weighted by Crippen LogP contribution is 2.21. The second-order valence-corrected chi connectivity index (χ2v) is 15.4. The maximum absolute atomic E-state index is 2.37. The van der Waals surface area contributed by atoms with Crippen molar-refractivity contribution in [2.24, 2.45) is 0 Å². The van der Waals surface area contributed by atoms with E-state index >= 15 is 0 Å². The summed E-state index contributed by atoms with van der Waals surface area (Å²) in [5.74, 6) is 2.49. The van der Waals surface area contributed by atoms with Crippen molar-refractivity contribution in [3.05, 3.63) is 49.1 Å². The minimum Gasteiger partial charge on any atom is -1.00 e. The van der Waals surface area contributed by atoms with Gasteiger partial charge in [0.2, 0.25) is 0 Å². The summed E-state index contributed by atoms with van der Waals surface area (Å²) in [6.07, 6.45) is 42.7. The lowest BCUT2D eigenvalue weighted by Crippen LogP contribution is -3.00. The standard InChI is InChI=1S/C40H70N2S2.2HI/c1-3-5-7-9-11-13-15-17-19-23-31-41-33-27-39(28-34-41)43-37-25-21-22-26-38-44-40-29-35-42(36-30-40)32-24-20-18-16-14-12-10-8-6-4-2;;/h27-30,33-36H,3-26,31-32,37-38H2,1-2H3;2*1H/q+2;;/p-2. The maximum Gasteiger partial charge on any atom is 0.169 e. The number of halogens is 2. The molecule has 0 amide bonds. The van der Waals surface area contributed by atoms with Crippen LogP contribution in [-0.2, 0) is 13.1 Å². The van der Waals surface area contributed by atoms with Crippen LogP contribution in [-0.4, -0.2) is 11.5 Å². The molecule has 2 aromatic rings. The van der Waals surface area contributed by atoms with Crippen molar-refractivity contribution in [3.63, 3.8) is 0 Å². The Morgan fingerprint density at radius 3 is 0.935 bits per heavy atom. The predicted molar refractivity (Wildman–Crippen MR) is 197 cm³/mol. The van der Waals surface area contributed by atoms with Gasteiger partial charge in [-0.25, -0.2) is 9.13 Å². The summed E-state index contributed by atoms with van der Waals surface area (Å²) in [6, 6.07) is 9.27. The number of aryl methyl sites for hydroxylation is 2. The Bertz CT molecular complexity index is 806. The van der Waals surface area contributed by atoms with Gasteiger partial charge >= 0.3 is 0 Å². The lowest BCUT2D eigenvalue weighted by Gasteiger charge is -2.04. The molecule has 46 heavy (non-hydrogen) atoms. The minimum absolute atomic E-state index is 0. The van der Waals surface area contributed by atoms with Gasteiger partial charge in [-0.3, -0.25) is 0 Å². The van der Waals surface area contributed by atoms with Crippen LogP contribution in [0.1, 0.15) is 168 Å². The van der Waals surface area contributed by atoms with Gasteiger partial charge in [0.15, 0.2) is 24.8 Å². The first-order valence-corrected chi connectivity index (χ1v) is 21.0. The third-order valence-corrected chi connectivity index (χ3v) is 11.0. The third-order valence-electron chi connectivity index (χ3n) is 8.84. The molecule has 0 radical (unpaired) electrons. The van der Waals surface area contributed by atoms with Gasteiger partial charge in [-0.1, -0.05) is 129 Å². The van der Waals surface area contributed by atoms with E-state index < -0.39 is 0 Å². The second kappa shape index (κ2) is 35.3. The van der Waals surface area contributed by atoms with Gasteiger partial charge in [0.25, 0.3) is 0 Å². The van der Waals surface area contributed by atoms with Gasteiger partial charge < -0.3 is 48.0 Å². The van der Waals surface area contributed by atoms with Crippen LogP contribution in [0.4, 0.5) is 0 Å². The Hall–Kier alpha value is 0.460. The predicted octanol–water partition coefficient (Wildman–Crippen LogP) is 6.56. The number of aromatic nitrogens is 2. The molecule has 266 valence electrons. The highest BCUT2D eigenvalue weighted by molar-refractivity contribution is 7.99. The van der Waals surface area contributed by atoms with Crippen LogP contribution >= 0.6 is 23.5 Å². The van der Waals surface area contributed by atoms with Crippen LogP contribution in [0.3, 0.4) is 0 Å². The summed E-state index contributed by atoms with van der Waals surface area (Å²) in [4.78, 5) is 2.85. The maximum atomic E-state index is 2.37. The van der Waals surface area contributed by atoms with Crippen molar-refractivity contribution < 1.29 is 57.1 Å². The van der Waals surface area contributed by atoms with Gasteiger partial charge in [0, 0.05) is 46.9 Å². The first-order chi connectivity index (χ1) is 21.8. The van der Waals surface area contributed by atoms with Crippen LogP contribution < -0.4 is 57.1 Å². The molecule has 2 rings (SSSR count). The zero-order chi connectivity index (χ0) is 31.2. The average molecular weight is 897 g/mol. The van der Waals surface area contributed by atoms with E-state index in [4.69, 9.17) is 0 Å². The van der Waals surface area contributed by atoms with E-state index in [1.165, 1.54) is 188 Å². The molecule has 0 bridgehead atoms. The molecule has 0 spiro atoms. The summed E-state index contributed by atoms with van der Waals surface area (Å²) >= 11 is 4.06. The molecule has 0 saturated heterocycles. The van der Waals surface area contributed by atoms with E-state index in [1.807, 2.05) is 23.5 Å². The van der Waals surface area contributed by atoms with Crippen LogP contribution in [0.25, 0.3) is 0 Å². The van der Waals surface area contributed by atoms with Crippen LogP contribution in [0.5, 0.6) is 0 Å². The summed E-state index contributed by atoms with van der Waals surface area (Å²) < 4.78 is 4.74. The quantitative estimate of drug-likeness (QED) is 0.0367. The fourth-order valence-corrected chi connectivity index (χ4v) is 7.68. The van der Waals surface area contributed by atoms with Crippen molar-refractivity contribution in [1.29, 1.82) is 0 Å². The number of unbranched alkanes of at least 4 members (excludes halogenated alkanes) is 21. The lowest BCUT2D eigenvalue weighted by molar-refractivity contribution is -0.697. The first-order valence-electron chi connectivity index (χ1n) is 19.1. The van der Waals surface area contributed by atoms with E-state index in [0.29, 0.717) is 0 Å². The van der Waals surface area contributed by atoms with Crippen molar-refractivity contribution in [3.8, 4) is 0 Å². The Morgan fingerprint density at radius 2 is 0.630 bits per heavy atom. The molecule has 0 aliphatic heterocycles. The van der Waals surface area contributed by atoms with Gasteiger partial charge in [-0.05, 0) is 37.2 Å². The smallest absolute Gasteiger partial charge is 0.169 e. The number of pyridine rings is 2. The van der Waals surface area contributed by atoms with E-state index in [0.717, 1.165) is 0 Å². The highest BCUT2D eigenvalue weighted by atomic mass is 127. The molecule has 0 N–H and O–H groups in total. The lowest BCUT2D eigenvalue weighted by atomic mass is 10.1. The van der Waals surface area contributed by atoms with E-state index in [-0.39, 0.29) is 48.0 Å². The second-order valence-electron chi connectivity index (χ2n) is 13.0. The summed E-state index contributed by atoms with van der Waals surface area (Å²) in [5.41, 5.74) is 0. The number of hydrogen-bond donors (Lipinski definition) is 0. The molecule has 0 aromatic carbocycles. The number of hydrogen-bond acceptors (Lipinski definition) is 2. The van der Waals surface area contributed by atoms with E-state index in [2.05, 4.69) is 72.0 Å². The zero-order valence-corrected chi connectivity index (χ0v) is 35.8. The molecule has 2 heterocycles. The third kappa shape index (κ3) is 27.3. The molecule has 0 aliphatic rings. The molecule has 0 fully saturated rings. The molecule has 0 saturated carbocycles. The fourth-order valence-electron chi connectivity index (χ4n) is 5.88. The van der Waals surface area contributed by atoms with E-state index in [1.54, 1.807) is 0 Å². The summed E-state index contributed by atoms with van der Waals surface area (Å²) in [6.45, 7) is 6.93. The van der Waals surface area contributed by atoms with Crippen molar-refractivity contribution in [2.75, 3.05) is 11.5 Å². The van der Waals surface area contributed by atoms with Crippen molar-refractivity contribution >= 4 is 23.5 Å². The number of nitrogens with zero attached hydrogens (tertiary/aromatic N) is 2. The average Bonchev–Trinajstić information content (AvgIpc) is 3.05. The fraction of sp³-hybridized carbons (Fsp3) is 0.750. The van der Waals surface area contributed by atoms with Gasteiger partial charge in [-0.15, -0.1) is 23.5 Å². The number of rotatable bonds is 31. The summed E-state index contributed by atoms with van der Waals surface area (Å²) in [5, 5.41) is 0. The Kier molecular flexibility index (Phi) is 35.6. The van der Waals surface area contributed by atoms with Gasteiger partial charge in [0.1, 0.15) is 13.1 Å². The van der Waals surface area contributed by atoms with Crippen molar-refractivity contribution in [1.82, 2.24) is 0 Å². The largest absolute Gasteiger partial charge is 1.00 e. The number of thioether (sulfide) groups is 2. The summed E-state index contributed by atoms with van der Waals surface area (Å²) in [7, 11) is 0. The molecule has 2 nitrogen and oxygen atoms in total. The zero-order valence-electron chi connectivity index (χ0n) is 29.9. The normalized spacial score (nSPS) is 10.9. The minimum atomic E-state index is 0. The first kappa shape index (κ1) is 46.5. The SMILES string of the molecule is CCCCCCCCCCCC[n+]1ccc(SCCCCCCSc2cc[n+](CCCCCCCCCCCC)cc2)cc1.[I-].[I-]. The Balaban J connectivity index is 0.0000101. The van der Waals surface area contributed by atoms with Crippen LogP contribution in [0.15, 0.2) is 58.8 Å². The molecular weight excluding hydrogens is 826 g/mol. The van der Waals surface area contributed by atoms with Crippen LogP contribution in [0.2, 0.25) is 0 Å². The molecule has 0 aliphatic carbocycles. The molecular formula is C40H70I2N2S2. The topological polar surface area (TPSA) is 7.76 Å². The monoisotopic (exact) mass is 896 g/mol. The molecule has 2 aromatic heterocycles. The Labute approximate surface area is 329 Å². The van der Waals surface area contributed by atoms with Crippen LogP contribution in [0, 0.1) is 0 Å². The Morgan fingerprint density at radius 1 is 0.370 bits per heavy atom. The van der Waals surface area contributed by atoms with Gasteiger partial charge in [-0.2, -0.15) is 0 Å².